The predicted molar refractivity (Wildman–Crippen MR) is 81.9 cm³/mol. The molecule has 2 rings (SSSR count). The minimum absolute atomic E-state index is 0.0105. The Kier molecular flexibility index (Phi) is 5.27. The number of carbonyl (C=O) groups excluding carboxylic acids is 1. The number of amides is 1. The van der Waals surface area contributed by atoms with Gasteiger partial charge < -0.3 is 5.32 Å². The summed E-state index contributed by atoms with van der Waals surface area (Å²) in [4.78, 5) is 11.4. The molecular formula is C14H27N3O3S. The highest BCUT2D eigenvalue weighted by atomic mass is 32.2. The molecule has 21 heavy (non-hydrogen) atoms. The lowest BCUT2D eigenvalue weighted by molar-refractivity contribution is -0.119. The van der Waals surface area contributed by atoms with Crippen LogP contribution >= 0.6 is 0 Å². The van der Waals surface area contributed by atoms with Gasteiger partial charge in [0.1, 0.15) is 0 Å². The first-order valence-electron chi connectivity index (χ1n) is 7.95. The highest BCUT2D eigenvalue weighted by Gasteiger charge is 2.43. The molecule has 1 N–H and O–H groups in total. The molecule has 0 atom stereocenters. The summed E-state index contributed by atoms with van der Waals surface area (Å²) < 4.78 is 28.6. The van der Waals surface area contributed by atoms with Crippen LogP contribution in [0.3, 0.4) is 0 Å². The van der Waals surface area contributed by atoms with E-state index in [1.807, 2.05) is 13.8 Å². The predicted octanol–water partition coefficient (Wildman–Crippen LogP) is 0.955. The highest BCUT2D eigenvalue weighted by Crippen LogP contribution is 2.38. The molecular weight excluding hydrogens is 290 g/mol. The molecule has 0 aliphatic carbocycles. The first kappa shape index (κ1) is 16.7. The van der Waals surface area contributed by atoms with Gasteiger partial charge in [0.05, 0.1) is 0 Å². The average molecular weight is 317 g/mol. The third-order valence-corrected chi connectivity index (χ3v) is 6.61. The standard InChI is InChI=1S/C14H27N3O3S/c1-3-7-16(8-4-2)21(19,20)17-9-5-14(6-10-17)11-13(18)15-12-14/h3-12H2,1-2H3,(H,15,18). The zero-order valence-corrected chi connectivity index (χ0v) is 13.9. The number of piperidine rings is 1. The summed E-state index contributed by atoms with van der Waals surface area (Å²) in [6.07, 6.45) is 3.76. The van der Waals surface area contributed by atoms with Gasteiger partial charge in [-0.25, -0.2) is 0 Å². The van der Waals surface area contributed by atoms with Crippen LogP contribution in [0.15, 0.2) is 0 Å². The van der Waals surface area contributed by atoms with Gasteiger partial charge in [-0.15, -0.1) is 0 Å². The second kappa shape index (κ2) is 6.62. The topological polar surface area (TPSA) is 69.7 Å². The zero-order valence-electron chi connectivity index (χ0n) is 13.1. The van der Waals surface area contributed by atoms with E-state index in [4.69, 9.17) is 0 Å². The Labute approximate surface area is 128 Å². The van der Waals surface area contributed by atoms with E-state index in [1.165, 1.54) is 0 Å². The van der Waals surface area contributed by atoms with Gasteiger partial charge in [0, 0.05) is 39.1 Å². The third kappa shape index (κ3) is 3.57. The summed E-state index contributed by atoms with van der Waals surface area (Å²) in [6, 6.07) is 0. The van der Waals surface area contributed by atoms with Gasteiger partial charge in [-0.2, -0.15) is 17.0 Å². The number of carbonyl (C=O) groups is 1. The van der Waals surface area contributed by atoms with Gasteiger partial charge in [-0.05, 0) is 31.1 Å². The molecule has 2 fully saturated rings. The van der Waals surface area contributed by atoms with Crippen molar-refractivity contribution in [2.75, 3.05) is 32.7 Å². The van der Waals surface area contributed by atoms with Gasteiger partial charge in [-0.3, -0.25) is 4.79 Å². The quantitative estimate of drug-likeness (QED) is 0.793. The Hall–Kier alpha value is -0.660. The summed E-state index contributed by atoms with van der Waals surface area (Å²) in [5, 5.41) is 2.88. The molecule has 1 spiro atoms. The Balaban J connectivity index is 2.01. The average Bonchev–Trinajstić information content (AvgIpc) is 2.80. The van der Waals surface area contributed by atoms with Crippen LogP contribution in [0.5, 0.6) is 0 Å². The van der Waals surface area contributed by atoms with Crippen LogP contribution in [0.25, 0.3) is 0 Å². The van der Waals surface area contributed by atoms with Crippen molar-refractivity contribution in [1.29, 1.82) is 0 Å². The lowest BCUT2D eigenvalue weighted by Gasteiger charge is -2.39. The molecule has 0 bridgehead atoms. The fraction of sp³-hybridized carbons (Fsp3) is 0.929. The normalized spacial score (nSPS) is 22.9. The second-order valence-corrected chi connectivity index (χ2v) is 8.19. The lowest BCUT2D eigenvalue weighted by Crippen LogP contribution is -2.50. The van der Waals surface area contributed by atoms with Crippen molar-refractivity contribution >= 4 is 16.1 Å². The van der Waals surface area contributed by atoms with Crippen LogP contribution in [0, 0.1) is 5.41 Å². The Morgan fingerprint density at radius 1 is 1.19 bits per heavy atom. The zero-order chi connectivity index (χ0) is 15.5. The fourth-order valence-electron chi connectivity index (χ4n) is 3.30. The van der Waals surface area contributed by atoms with Crippen molar-refractivity contribution in [2.45, 2.75) is 46.0 Å². The van der Waals surface area contributed by atoms with Crippen LogP contribution in [0.4, 0.5) is 0 Å². The summed E-state index contributed by atoms with van der Waals surface area (Å²) in [5.41, 5.74) is -0.0105. The Bertz CT molecular complexity index is 464. The Morgan fingerprint density at radius 3 is 2.19 bits per heavy atom. The molecule has 2 saturated heterocycles. The highest BCUT2D eigenvalue weighted by molar-refractivity contribution is 7.86. The van der Waals surface area contributed by atoms with Crippen molar-refractivity contribution < 1.29 is 13.2 Å². The van der Waals surface area contributed by atoms with E-state index in [9.17, 15) is 13.2 Å². The summed E-state index contributed by atoms with van der Waals surface area (Å²) in [6.45, 7) is 6.92. The van der Waals surface area contributed by atoms with E-state index in [2.05, 4.69) is 5.32 Å². The van der Waals surface area contributed by atoms with Crippen molar-refractivity contribution in [3.63, 3.8) is 0 Å². The largest absolute Gasteiger partial charge is 0.356 e. The van der Waals surface area contributed by atoms with Crippen LogP contribution in [0.1, 0.15) is 46.0 Å². The van der Waals surface area contributed by atoms with Crippen LogP contribution < -0.4 is 5.32 Å². The van der Waals surface area contributed by atoms with Gasteiger partial charge in [0.25, 0.3) is 10.2 Å². The molecule has 0 saturated carbocycles. The summed E-state index contributed by atoms with van der Waals surface area (Å²) >= 11 is 0. The Morgan fingerprint density at radius 2 is 1.76 bits per heavy atom. The molecule has 6 nitrogen and oxygen atoms in total. The number of nitrogens with one attached hydrogen (secondary N) is 1. The van der Waals surface area contributed by atoms with Gasteiger partial charge in [-0.1, -0.05) is 13.8 Å². The molecule has 2 heterocycles. The van der Waals surface area contributed by atoms with Crippen molar-refractivity contribution in [1.82, 2.24) is 13.9 Å². The van der Waals surface area contributed by atoms with E-state index in [0.29, 0.717) is 39.1 Å². The fourth-order valence-corrected chi connectivity index (χ4v) is 5.10. The van der Waals surface area contributed by atoms with Gasteiger partial charge >= 0.3 is 0 Å². The van der Waals surface area contributed by atoms with Crippen molar-refractivity contribution in [2.24, 2.45) is 5.41 Å². The summed E-state index contributed by atoms with van der Waals surface area (Å²) in [5.74, 6) is 0.102. The maximum absolute atomic E-state index is 12.7. The second-order valence-electron chi connectivity index (χ2n) is 6.26. The minimum Gasteiger partial charge on any atom is -0.356 e. The maximum atomic E-state index is 12.7. The molecule has 0 radical (unpaired) electrons. The lowest BCUT2D eigenvalue weighted by atomic mass is 9.78. The summed E-state index contributed by atoms with van der Waals surface area (Å²) in [7, 11) is -3.35. The smallest absolute Gasteiger partial charge is 0.281 e. The van der Waals surface area contributed by atoms with Crippen LogP contribution in [0.2, 0.25) is 0 Å². The first-order valence-corrected chi connectivity index (χ1v) is 9.35. The molecule has 122 valence electrons. The number of nitrogens with zero attached hydrogens (tertiary/aromatic N) is 2. The van der Waals surface area contributed by atoms with Crippen molar-refractivity contribution in [3.05, 3.63) is 0 Å². The molecule has 0 aromatic carbocycles. The van der Waals surface area contributed by atoms with E-state index < -0.39 is 10.2 Å². The third-order valence-electron chi connectivity index (χ3n) is 4.58. The number of hydrogen-bond acceptors (Lipinski definition) is 3. The molecule has 2 aliphatic rings. The van der Waals surface area contributed by atoms with Crippen molar-refractivity contribution in [3.8, 4) is 0 Å². The van der Waals surface area contributed by atoms with Gasteiger partial charge in [0.15, 0.2) is 0 Å². The van der Waals surface area contributed by atoms with E-state index in [0.717, 1.165) is 25.7 Å². The number of hydrogen-bond donors (Lipinski definition) is 1. The minimum atomic E-state index is -3.35. The molecule has 0 aromatic heterocycles. The van der Waals surface area contributed by atoms with Crippen LogP contribution in [-0.2, 0) is 15.0 Å². The monoisotopic (exact) mass is 317 g/mol. The molecule has 0 aromatic rings. The first-order chi connectivity index (χ1) is 9.93. The molecule has 2 aliphatic heterocycles. The van der Waals surface area contributed by atoms with E-state index in [1.54, 1.807) is 8.61 Å². The molecule has 7 heteroatoms. The van der Waals surface area contributed by atoms with E-state index >= 15 is 0 Å². The molecule has 0 unspecified atom stereocenters. The van der Waals surface area contributed by atoms with Crippen LogP contribution in [-0.4, -0.2) is 55.7 Å². The molecule has 1 amide bonds. The van der Waals surface area contributed by atoms with Gasteiger partial charge in [0.2, 0.25) is 5.91 Å². The maximum Gasteiger partial charge on any atom is 0.281 e. The van der Waals surface area contributed by atoms with E-state index in [-0.39, 0.29) is 11.3 Å². The SMILES string of the molecule is CCCN(CCC)S(=O)(=O)N1CCC2(CC1)CNC(=O)C2. The number of rotatable bonds is 6.